The normalized spacial score (nSPS) is 11.6. The topological polar surface area (TPSA) is 84.2 Å². The molecule has 0 aliphatic rings. The summed E-state index contributed by atoms with van der Waals surface area (Å²) in [4.78, 5) is -0.554. The first-order chi connectivity index (χ1) is 9.33. The van der Waals surface area contributed by atoms with E-state index in [1.54, 1.807) is 13.2 Å². The van der Waals surface area contributed by atoms with Crippen molar-refractivity contribution in [2.24, 2.45) is 7.05 Å². The predicted octanol–water partition coefficient (Wildman–Crippen LogP) is 1.61. The van der Waals surface area contributed by atoms with E-state index in [2.05, 4.69) is 25.8 Å². The molecule has 1 aromatic heterocycles. The van der Waals surface area contributed by atoms with E-state index in [9.17, 15) is 12.8 Å². The van der Waals surface area contributed by atoms with Crippen molar-refractivity contribution in [1.29, 1.82) is 0 Å². The molecular weight excluding hydrogens is 353 g/mol. The van der Waals surface area contributed by atoms with Crippen LogP contribution in [-0.4, -0.2) is 23.3 Å². The van der Waals surface area contributed by atoms with E-state index < -0.39 is 27.3 Å². The van der Waals surface area contributed by atoms with E-state index in [0.717, 1.165) is 6.07 Å². The van der Waals surface area contributed by atoms with Crippen molar-refractivity contribution in [2.75, 3.05) is 4.72 Å². The highest BCUT2D eigenvalue weighted by Gasteiger charge is 2.23. The summed E-state index contributed by atoms with van der Waals surface area (Å²) in [6.45, 7) is -0.600. The van der Waals surface area contributed by atoms with Crippen molar-refractivity contribution < 1.29 is 17.9 Å². The number of hydrogen-bond acceptors (Lipinski definition) is 4. The number of aliphatic hydroxyl groups is 1. The number of anilines is 1. The van der Waals surface area contributed by atoms with Crippen molar-refractivity contribution in [3.63, 3.8) is 0 Å². The van der Waals surface area contributed by atoms with E-state index in [-0.39, 0.29) is 11.4 Å². The summed E-state index contributed by atoms with van der Waals surface area (Å²) < 4.78 is 42.3. The highest BCUT2D eigenvalue weighted by molar-refractivity contribution is 9.10. The summed E-state index contributed by atoms with van der Waals surface area (Å²) >= 11 is 3.08. The monoisotopic (exact) mass is 363 g/mol. The number of halogens is 2. The van der Waals surface area contributed by atoms with Gasteiger partial charge in [-0.1, -0.05) is 15.9 Å². The zero-order chi connectivity index (χ0) is 14.9. The quantitative estimate of drug-likeness (QED) is 0.864. The molecule has 0 fully saturated rings. The molecule has 1 heterocycles. The number of aliphatic hydroxyl groups excluding tert-OH is 1. The molecule has 0 amide bonds. The molecule has 20 heavy (non-hydrogen) atoms. The van der Waals surface area contributed by atoms with Gasteiger partial charge in [0.05, 0.1) is 6.61 Å². The average molecular weight is 364 g/mol. The molecule has 0 bridgehead atoms. The van der Waals surface area contributed by atoms with Crippen LogP contribution in [0.15, 0.2) is 33.8 Å². The van der Waals surface area contributed by atoms with Crippen molar-refractivity contribution in [3.05, 3.63) is 40.2 Å². The Bertz CT molecular complexity index is 745. The standard InChI is InChI=1S/C11H11BrFN3O3S/c1-16-3-2-10(14-16)15-20(18,19)9-5-8(12)4-7(6-17)11(9)13/h2-5,17H,6H2,1H3,(H,14,15). The molecule has 0 aliphatic heterocycles. The zero-order valence-electron chi connectivity index (χ0n) is 10.3. The van der Waals surface area contributed by atoms with E-state index >= 15 is 0 Å². The SMILES string of the molecule is Cn1ccc(NS(=O)(=O)c2cc(Br)cc(CO)c2F)n1. The van der Waals surface area contributed by atoms with Gasteiger partial charge in [0.1, 0.15) is 10.7 Å². The maximum Gasteiger partial charge on any atom is 0.266 e. The lowest BCUT2D eigenvalue weighted by Crippen LogP contribution is -2.16. The number of rotatable bonds is 4. The minimum atomic E-state index is -4.13. The Labute approximate surface area is 123 Å². The maximum atomic E-state index is 14.0. The van der Waals surface area contributed by atoms with Crippen LogP contribution >= 0.6 is 15.9 Å². The molecule has 0 atom stereocenters. The second kappa shape index (κ2) is 5.51. The van der Waals surface area contributed by atoms with Gasteiger partial charge in [0, 0.05) is 29.3 Å². The van der Waals surface area contributed by atoms with E-state index in [1.165, 1.54) is 16.8 Å². The molecule has 2 rings (SSSR count). The van der Waals surface area contributed by atoms with Gasteiger partial charge in [-0.25, -0.2) is 12.8 Å². The third-order valence-corrected chi connectivity index (χ3v) is 4.30. The molecule has 0 aliphatic carbocycles. The number of aryl methyl sites for hydroxylation is 1. The second-order valence-electron chi connectivity index (χ2n) is 4.02. The fraction of sp³-hybridized carbons (Fsp3) is 0.182. The van der Waals surface area contributed by atoms with Crippen LogP contribution in [0.2, 0.25) is 0 Å². The second-order valence-corrected chi connectivity index (χ2v) is 6.58. The lowest BCUT2D eigenvalue weighted by Gasteiger charge is -2.09. The molecule has 108 valence electrons. The van der Waals surface area contributed by atoms with E-state index in [1.807, 2.05) is 0 Å². The molecule has 0 radical (unpaired) electrons. The van der Waals surface area contributed by atoms with Crippen molar-refractivity contribution in [3.8, 4) is 0 Å². The van der Waals surface area contributed by atoms with Crippen LogP contribution in [0, 0.1) is 5.82 Å². The van der Waals surface area contributed by atoms with Crippen LogP contribution in [0.4, 0.5) is 10.2 Å². The van der Waals surface area contributed by atoms with Gasteiger partial charge in [0.15, 0.2) is 5.82 Å². The summed E-state index contributed by atoms with van der Waals surface area (Å²) in [5.41, 5.74) is -0.110. The Morgan fingerprint density at radius 2 is 2.20 bits per heavy atom. The maximum absolute atomic E-state index is 14.0. The molecule has 0 unspecified atom stereocenters. The fourth-order valence-electron chi connectivity index (χ4n) is 1.59. The Morgan fingerprint density at radius 3 is 2.75 bits per heavy atom. The van der Waals surface area contributed by atoms with Gasteiger partial charge < -0.3 is 5.11 Å². The molecule has 9 heteroatoms. The van der Waals surface area contributed by atoms with Crippen molar-refractivity contribution in [1.82, 2.24) is 9.78 Å². The molecule has 0 spiro atoms. The third kappa shape index (κ3) is 3.00. The number of aromatic nitrogens is 2. The van der Waals surface area contributed by atoms with Gasteiger partial charge >= 0.3 is 0 Å². The smallest absolute Gasteiger partial charge is 0.266 e. The highest BCUT2D eigenvalue weighted by atomic mass is 79.9. The van der Waals surface area contributed by atoms with Crippen LogP contribution in [-0.2, 0) is 23.7 Å². The Balaban J connectivity index is 2.46. The number of hydrogen-bond donors (Lipinski definition) is 2. The molecule has 2 aromatic rings. The van der Waals surface area contributed by atoms with Gasteiger partial charge in [0.2, 0.25) is 0 Å². The third-order valence-electron chi connectivity index (χ3n) is 2.49. The average Bonchev–Trinajstić information content (AvgIpc) is 2.76. The Kier molecular flexibility index (Phi) is 4.11. The predicted molar refractivity (Wildman–Crippen MR) is 74.0 cm³/mol. The first-order valence-corrected chi connectivity index (χ1v) is 7.72. The number of sulfonamides is 1. The van der Waals surface area contributed by atoms with Crippen LogP contribution < -0.4 is 4.72 Å². The molecule has 0 saturated heterocycles. The molecule has 6 nitrogen and oxygen atoms in total. The largest absolute Gasteiger partial charge is 0.392 e. The Morgan fingerprint density at radius 1 is 1.50 bits per heavy atom. The first-order valence-electron chi connectivity index (χ1n) is 5.45. The van der Waals surface area contributed by atoms with Gasteiger partial charge in [-0.3, -0.25) is 9.40 Å². The fourth-order valence-corrected chi connectivity index (χ4v) is 3.39. The number of nitrogens with one attached hydrogen (secondary N) is 1. The van der Waals surface area contributed by atoms with Crippen LogP contribution in [0.25, 0.3) is 0 Å². The number of nitrogens with zero attached hydrogens (tertiary/aromatic N) is 2. The summed E-state index contributed by atoms with van der Waals surface area (Å²) in [6, 6.07) is 3.88. The van der Waals surface area contributed by atoms with E-state index in [4.69, 9.17) is 5.11 Å². The summed E-state index contributed by atoms with van der Waals surface area (Å²) in [5.74, 6) is -0.906. The minimum absolute atomic E-state index is 0.0809. The lowest BCUT2D eigenvalue weighted by atomic mass is 10.2. The Hall–Kier alpha value is -1.45. The lowest BCUT2D eigenvalue weighted by molar-refractivity contribution is 0.274. The summed E-state index contributed by atoms with van der Waals surface area (Å²) in [5, 5.41) is 12.9. The van der Waals surface area contributed by atoms with Gasteiger partial charge in [0.25, 0.3) is 10.0 Å². The zero-order valence-corrected chi connectivity index (χ0v) is 12.7. The van der Waals surface area contributed by atoms with Crippen LogP contribution in [0.5, 0.6) is 0 Å². The van der Waals surface area contributed by atoms with Crippen molar-refractivity contribution in [2.45, 2.75) is 11.5 Å². The van der Waals surface area contributed by atoms with Crippen LogP contribution in [0.1, 0.15) is 5.56 Å². The number of benzene rings is 1. The molecule has 1 aromatic carbocycles. The van der Waals surface area contributed by atoms with Gasteiger partial charge in [-0.05, 0) is 12.1 Å². The highest BCUT2D eigenvalue weighted by Crippen LogP contribution is 2.25. The van der Waals surface area contributed by atoms with E-state index in [0.29, 0.717) is 4.47 Å². The van der Waals surface area contributed by atoms with Crippen LogP contribution in [0.3, 0.4) is 0 Å². The molecular formula is C11H11BrFN3O3S. The summed E-state index contributed by atoms with van der Waals surface area (Å²) in [6.07, 6.45) is 1.55. The molecule has 0 saturated carbocycles. The van der Waals surface area contributed by atoms with Gasteiger partial charge in [-0.2, -0.15) is 5.10 Å². The van der Waals surface area contributed by atoms with Crippen molar-refractivity contribution >= 4 is 31.8 Å². The van der Waals surface area contributed by atoms with Gasteiger partial charge in [-0.15, -0.1) is 0 Å². The molecule has 2 N–H and O–H groups in total. The first kappa shape index (κ1) is 14.9. The summed E-state index contributed by atoms with van der Waals surface area (Å²) in [7, 11) is -2.50. The minimum Gasteiger partial charge on any atom is -0.392 e.